The summed E-state index contributed by atoms with van der Waals surface area (Å²) < 4.78 is 0. The van der Waals surface area contributed by atoms with E-state index in [0.29, 0.717) is 0 Å². The third-order valence-corrected chi connectivity index (χ3v) is 4.11. The van der Waals surface area contributed by atoms with Crippen LogP contribution in [0.25, 0.3) is 34.0 Å². The maximum Gasteiger partial charge on any atom is 0.178 e. The van der Waals surface area contributed by atoms with Gasteiger partial charge < -0.3 is 9.97 Å². The van der Waals surface area contributed by atoms with Crippen molar-refractivity contribution in [3.63, 3.8) is 0 Å². The molecule has 116 valence electrons. The maximum atomic E-state index is 12.1. The van der Waals surface area contributed by atoms with E-state index in [1.54, 1.807) is 12.2 Å². The first kappa shape index (κ1) is 14.3. The zero-order chi connectivity index (χ0) is 16.4. The number of nitrogens with one attached hydrogen (secondary N) is 2. The number of carbonyl (C=O) groups is 1. The minimum atomic E-state index is -0.0323. The number of benzene rings is 2. The van der Waals surface area contributed by atoms with Gasteiger partial charge in [-0.25, -0.2) is 0 Å². The number of aromatic amines is 2. The number of carbonyl (C=O) groups excluding carboxylic acids is 1. The number of rotatable bonds is 4. The van der Waals surface area contributed by atoms with E-state index in [2.05, 4.69) is 9.97 Å². The predicted octanol–water partition coefficient (Wildman–Crippen LogP) is 4.94. The number of H-pyrrole nitrogens is 2. The standard InChI is InChI=1S/C21H16N2O/c24-17(9-7-15-3-1-5-20-18(15)11-13-22-20)10-8-16-4-2-6-21-19(16)12-14-23-21/h1-14,22-23H/b9-7+,10-8+. The fourth-order valence-corrected chi connectivity index (χ4v) is 2.91. The van der Waals surface area contributed by atoms with Gasteiger partial charge in [0.2, 0.25) is 0 Å². The van der Waals surface area contributed by atoms with Gasteiger partial charge in [-0.3, -0.25) is 4.79 Å². The molecule has 2 heterocycles. The first-order valence-corrected chi connectivity index (χ1v) is 7.83. The molecule has 3 nitrogen and oxygen atoms in total. The molecule has 4 aromatic rings. The molecule has 0 saturated heterocycles. The van der Waals surface area contributed by atoms with Gasteiger partial charge in [0.25, 0.3) is 0 Å². The molecule has 2 aromatic carbocycles. The molecule has 0 spiro atoms. The van der Waals surface area contributed by atoms with Crippen molar-refractivity contribution in [1.82, 2.24) is 9.97 Å². The van der Waals surface area contributed by atoms with Crippen LogP contribution in [0.2, 0.25) is 0 Å². The van der Waals surface area contributed by atoms with Crippen LogP contribution >= 0.6 is 0 Å². The number of ketones is 1. The highest BCUT2D eigenvalue weighted by atomic mass is 16.1. The first-order chi connectivity index (χ1) is 11.8. The van der Waals surface area contributed by atoms with Crippen molar-refractivity contribution >= 4 is 39.7 Å². The molecule has 0 bridgehead atoms. The third kappa shape index (κ3) is 2.68. The van der Waals surface area contributed by atoms with Gasteiger partial charge in [0.05, 0.1) is 0 Å². The molecular formula is C21H16N2O. The van der Waals surface area contributed by atoms with E-state index >= 15 is 0 Å². The molecule has 4 rings (SSSR count). The summed E-state index contributed by atoms with van der Waals surface area (Å²) in [7, 11) is 0. The van der Waals surface area contributed by atoms with Crippen LogP contribution in [0.4, 0.5) is 0 Å². The van der Waals surface area contributed by atoms with Crippen LogP contribution < -0.4 is 0 Å². The summed E-state index contributed by atoms with van der Waals surface area (Å²) in [6.07, 6.45) is 10.7. The van der Waals surface area contributed by atoms with Gasteiger partial charge in [-0.1, -0.05) is 36.4 Å². The lowest BCUT2D eigenvalue weighted by Gasteiger charge is -1.97. The molecule has 2 aromatic heterocycles. The molecular weight excluding hydrogens is 296 g/mol. The lowest BCUT2D eigenvalue weighted by molar-refractivity contribution is -0.110. The number of hydrogen-bond acceptors (Lipinski definition) is 1. The molecule has 0 atom stereocenters. The van der Waals surface area contributed by atoms with E-state index in [1.165, 1.54) is 0 Å². The molecule has 0 aliphatic carbocycles. The van der Waals surface area contributed by atoms with Crippen LogP contribution in [-0.2, 0) is 4.79 Å². The number of aromatic nitrogens is 2. The predicted molar refractivity (Wildman–Crippen MR) is 99.7 cm³/mol. The second-order valence-corrected chi connectivity index (χ2v) is 5.64. The van der Waals surface area contributed by atoms with Gasteiger partial charge in [-0.15, -0.1) is 0 Å². The SMILES string of the molecule is O=C(/C=C/c1cccc2[nH]ccc12)/C=C/c1cccc2[nH]ccc12. The van der Waals surface area contributed by atoms with Crippen LogP contribution in [0, 0.1) is 0 Å². The zero-order valence-corrected chi connectivity index (χ0v) is 13.0. The van der Waals surface area contributed by atoms with Crippen molar-refractivity contribution in [1.29, 1.82) is 0 Å². The van der Waals surface area contributed by atoms with E-state index < -0.39 is 0 Å². The Balaban J connectivity index is 1.56. The summed E-state index contributed by atoms with van der Waals surface area (Å²) in [6.45, 7) is 0. The molecule has 0 aliphatic heterocycles. The van der Waals surface area contributed by atoms with E-state index in [9.17, 15) is 4.79 Å². The van der Waals surface area contributed by atoms with Crippen LogP contribution in [0.15, 0.2) is 73.1 Å². The Bertz CT molecular complexity index is 993. The third-order valence-electron chi connectivity index (χ3n) is 4.11. The summed E-state index contributed by atoms with van der Waals surface area (Å²) >= 11 is 0. The molecule has 0 radical (unpaired) electrons. The maximum absolute atomic E-state index is 12.1. The van der Waals surface area contributed by atoms with E-state index in [0.717, 1.165) is 32.9 Å². The van der Waals surface area contributed by atoms with Crippen molar-refractivity contribution in [3.05, 3.63) is 84.2 Å². The summed E-state index contributed by atoms with van der Waals surface area (Å²) in [4.78, 5) is 18.5. The Hall–Kier alpha value is -3.33. The minimum Gasteiger partial charge on any atom is -0.361 e. The Morgan fingerprint density at radius 1 is 0.708 bits per heavy atom. The van der Waals surface area contributed by atoms with Crippen molar-refractivity contribution < 1.29 is 4.79 Å². The van der Waals surface area contributed by atoms with Gasteiger partial charge in [-0.05, 0) is 47.5 Å². The first-order valence-electron chi connectivity index (χ1n) is 7.83. The molecule has 3 heteroatoms. The van der Waals surface area contributed by atoms with Crippen molar-refractivity contribution in [2.45, 2.75) is 0 Å². The van der Waals surface area contributed by atoms with E-state index in [4.69, 9.17) is 0 Å². The van der Waals surface area contributed by atoms with Gasteiger partial charge in [0.1, 0.15) is 0 Å². The van der Waals surface area contributed by atoms with E-state index in [-0.39, 0.29) is 5.78 Å². The molecule has 0 saturated carbocycles. The molecule has 0 amide bonds. The van der Waals surface area contributed by atoms with Crippen LogP contribution in [0.5, 0.6) is 0 Å². The highest BCUT2D eigenvalue weighted by molar-refractivity contribution is 6.06. The van der Waals surface area contributed by atoms with Crippen molar-refractivity contribution in [3.8, 4) is 0 Å². The second-order valence-electron chi connectivity index (χ2n) is 5.64. The van der Waals surface area contributed by atoms with E-state index in [1.807, 2.05) is 73.1 Å². The molecule has 0 aliphatic rings. The lowest BCUT2D eigenvalue weighted by Crippen LogP contribution is -1.85. The molecule has 0 fully saturated rings. The van der Waals surface area contributed by atoms with Gasteiger partial charge in [0, 0.05) is 34.2 Å². The smallest absolute Gasteiger partial charge is 0.178 e. The van der Waals surface area contributed by atoms with Crippen molar-refractivity contribution in [2.75, 3.05) is 0 Å². The number of hydrogen-bond donors (Lipinski definition) is 2. The number of allylic oxidation sites excluding steroid dienone is 2. The molecule has 0 unspecified atom stereocenters. The zero-order valence-electron chi connectivity index (χ0n) is 13.0. The van der Waals surface area contributed by atoms with Gasteiger partial charge in [0.15, 0.2) is 5.78 Å². The Kier molecular flexibility index (Phi) is 3.60. The van der Waals surface area contributed by atoms with Gasteiger partial charge >= 0.3 is 0 Å². The number of fused-ring (bicyclic) bond motifs is 2. The normalized spacial score (nSPS) is 12.0. The molecule has 2 N–H and O–H groups in total. The largest absolute Gasteiger partial charge is 0.361 e. The summed E-state index contributed by atoms with van der Waals surface area (Å²) in [5.41, 5.74) is 4.20. The fraction of sp³-hybridized carbons (Fsp3) is 0. The van der Waals surface area contributed by atoms with Crippen LogP contribution in [0.1, 0.15) is 11.1 Å². The minimum absolute atomic E-state index is 0.0323. The summed E-state index contributed by atoms with van der Waals surface area (Å²) in [6, 6.07) is 16.0. The van der Waals surface area contributed by atoms with Gasteiger partial charge in [-0.2, -0.15) is 0 Å². The summed E-state index contributed by atoms with van der Waals surface area (Å²) in [5, 5.41) is 2.23. The average molecular weight is 312 g/mol. The Labute approximate surface area is 139 Å². The van der Waals surface area contributed by atoms with Crippen LogP contribution in [0.3, 0.4) is 0 Å². The lowest BCUT2D eigenvalue weighted by atomic mass is 10.1. The monoisotopic (exact) mass is 312 g/mol. The topological polar surface area (TPSA) is 48.6 Å². The average Bonchev–Trinajstić information content (AvgIpc) is 3.26. The summed E-state index contributed by atoms with van der Waals surface area (Å²) in [5.74, 6) is -0.0323. The Morgan fingerprint density at radius 2 is 1.21 bits per heavy atom. The quantitative estimate of drug-likeness (QED) is 0.515. The fourth-order valence-electron chi connectivity index (χ4n) is 2.91. The Morgan fingerprint density at radius 3 is 1.71 bits per heavy atom. The van der Waals surface area contributed by atoms with Crippen LogP contribution in [-0.4, -0.2) is 15.8 Å². The highest BCUT2D eigenvalue weighted by Crippen LogP contribution is 2.20. The second kappa shape index (κ2) is 6.05. The molecule has 24 heavy (non-hydrogen) atoms. The van der Waals surface area contributed by atoms with Crippen molar-refractivity contribution in [2.24, 2.45) is 0 Å². The highest BCUT2D eigenvalue weighted by Gasteiger charge is 2.00.